The Balaban J connectivity index is 1.50. The molecule has 1 spiro atoms. The lowest BCUT2D eigenvalue weighted by molar-refractivity contribution is -0.166. The van der Waals surface area contributed by atoms with Crippen LogP contribution in [0, 0.1) is 0 Å². The number of anilines is 1. The van der Waals surface area contributed by atoms with Gasteiger partial charge in [0, 0.05) is 31.2 Å². The molecule has 1 fully saturated rings. The average Bonchev–Trinajstić information content (AvgIpc) is 3.23. The largest absolute Gasteiger partial charge is 0.352 e. The van der Waals surface area contributed by atoms with Crippen molar-refractivity contribution in [2.75, 3.05) is 24.2 Å². The number of aromatic nitrogens is 2. The van der Waals surface area contributed by atoms with Crippen molar-refractivity contribution in [2.24, 2.45) is 0 Å². The van der Waals surface area contributed by atoms with Crippen LogP contribution in [0.3, 0.4) is 0 Å². The minimum Gasteiger partial charge on any atom is -0.352 e. The number of benzene rings is 1. The highest BCUT2D eigenvalue weighted by Crippen LogP contribution is 2.40. The summed E-state index contributed by atoms with van der Waals surface area (Å²) in [5.74, 6) is 0.739. The van der Waals surface area contributed by atoms with Gasteiger partial charge in [-0.25, -0.2) is 17.7 Å². The fourth-order valence-corrected chi connectivity index (χ4v) is 5.85. The Morgan fingerprint density at radius 1 is 1.27 bits per heavy atom. The number of sulfonamides is 1. The van der Waals surface area contributed by atoms with E-state index in [4.69, 9.17) is 4.74 Å². The number of para-hydroxylation sites is 1. The van der Waals surface area contributed by atoms with Crippen molar-refractivity contribution in [3.8, 4) is 0 Å². The second-order valence-electron chi connectivity index (χ2n) is 7.93. The molecule has 8 nitrogen and oxygen atoms in total. The van der Waals surface area contributed by atoms with Crippen LogP contribution in [0.1, 0.15) is 38.4 Å². The normalized spacial score (nSPS) is 21.3. The van der Waals surface area contributed by atoms with Gasteiger partial charge in [-0.15, -0.1) is 0 Å². The molecule has 0 aliphatic carbocycles. The van der Waals surface area contributed by atoms with Crippen molar-refractivity contribution in [3.05, 3.63) is 48.5 Å². The van der Waals surface area contributed by atoms with E-state index in [1.54, 1.807) is 10.5 Å². The molecule has 1 amide bonds. The Bertz CT molecular complexity index is 981. The van der Waals surface area contributed by atoms with Crippen LogP contribution in [0.2, 0.25) is 0 Å². The first-order valence-corrected chi connectivity index (χ1v) is 12.1. The zero-order valence-electron chi connectivity index (χ0n) is 17.2. The van der Waals surface area contributed by atoms with E-state index in [9.17, 15) is 13.2 Å². The van der Waals surface area contributed by atoms with E-state index in [0.717, 1.165) is 12.2 Å². The minimum atomic E-state index is -3.26. The number of carbonyl (C=O) groups is 1. The summed E-state index contributed by atoms with van der Waals surface area (Å²) in [5.41, 5.74) is -0.0366. The van der Waals surface area contributed by atoms with E-state index in [1.165, 1.54) is 0 Å². The van der Waals surface area contributed by atoms with Crippen LogP contribution in [0.15, 0.2) is 42.7 Å². The number of amides is 1. The number of nitrogens with zero attached hydrogens (tertiary/aromatic N) is 3. The third-order valence-electron chi connectivity index (χ3n) is 5.87. The quantitative estimate of drug-likeness (QED) is 0.756. The second kappa shape index (κ2) is 8.49. The third kappa shape index (κ3) is 4.14. The number of hydrogen-bond donors (Lipinski definition) is 1. The molecule has 0 bridgehead atoms. The predicted molar refractivity (Wildman–Crippen MR) is 113 cm³/mol. The molecule has 4 rings (SSSR count). The van der Waals surface area contributed by atoms with E-state index in [0.29, 0.717) is 44.6 Å². The SMILES string of the molecule is CCCCS(=O)(=O)N1CCC2(CC1)O[C@@H](C(=O)Nc1ccccc1)Cn1ccnc12. The van der Waals surface area contributed by atoms with Gasteiger partial charge in [0.25, 0.3) is 5.91 Å². The number of hydrogen-bond acceptors (Lipinski definition) is 5. The molecule has 1 N–H and O–H groups in total. The van der Waals surface area contributed by atoms with Crippen molar-refractivity contribution in [1.82, 2.24) is 13.9 Å². The molecule has 2 aliphatic heterocycles. The Hall–Kier alpha value is -2.23. The highest BCUT2D eigenvalue weighted by atomic mass is 32.2. The van der Waals surface area contributed by atoms with E-state index in [1.807, 2.05) is 48.0 Å². The Labute approximate surface area is 177 Å². The Kier molecular flexibility index (Phi) is 5.95. The summed E-state index contributed by atoms with van der Waals surface area (Å²) in [7, 11) is -3.26. The lowest BCUT2D eigenvalue weighted by Crippen LogP contribution is -2.54. The summed E-state index contributed by atoms with van der Waals surface area (Å²) in [6, 6.07) is 9.28. The molecule has 2 aromatic rings. The van der Waals surface area contributed by atoms with Crippen LogP contribution in [0.4, 0.5) is 5.69 Å². The molecule has 1 aromatic heterocycles. The standard InChI is InChI=1S/C21H28N4O4S/c1-2-3-15-30(27,28)25-12-9-21(10-13-25)20-22-11-14-24(20)16-18(29-21)19(26)23-17-7-5-4-6-8-17/h4-8,11,14,18H,2-3,9-10,12-13,15-16H2,1H3,(H,23,26)/t18-/m1/s1. The molecular weight excluding hydrogens is 404 g/mol. The molecule has 1 saturated heterocycles. The monoisotopic (exact) mass is 432 g/mol. The number of piperidine rings is 1. The van der Waals surface area contributed by atoms with Crippen LogP contribution >= 0.6 is 0 Å². The number of carbonyl (C=O) groups excluding carboxylic acids is 1. The molecule has 1 aromatic carbocycles. The van der Waals surface area contributed by atoms with E-state index in [-0.39, 0.29) is 11.7 Å². The number of rotatable bonds is 6. The fourth-order valence-electron chi connectivity index (χ4n) is 4.20. The molecule has 30 heavy (non-hydrogen) atoms. The molecular formula is C21H28N4O4S. The van der Waals surface area contributed by atoms with Gasteiger partial charge < -0.3 is 14.6 Å². The highest BCUT2D eigenvalue weighted by Gasteiger charge is 2.48. The van der Waals surface area contributed by atoms with Gasteiger partial charge in [-0.1, -0.05) is 31.5 Å². The maximum absolute atomic E-state index is 12.9. The summed E-state index contributed by atoms with van der Waals surface area (Å²) in [6.45, 7) is 3.10. The van der Waals surface area contributed by atoms with Gasteiger partial charge in [0.1, 0.15) is 11.4 Å². The first kappa shape index (κ1) is 21.0. The zero-order chi connectivity index (χ0) is 21.2. The first-order valence-electron chi connectivity index (χ1n) is 10.5. The number of unbranched alkanes of at least 4 members (excludes halogenated alkanes) is 1. The van der Waals surface area contributed by atoms with Gasteiger partial charge >= 0.3 is 0 Å². The van der Waals surface area contributed by atoms with Crippen molar-refractivity contribution in [3.63, 3.8) is 0 Å². The first-order chi connectivity index (χ1) is 14.4. The second-order valence-corrected chi connectivity index (χ2v) is 10.0. The van der Waals surface area contributed by atoms with Crippen LogP contribution in [0.5, 0.6) is 0 Å². The summed E-state index contributed by atoms with van der Waals surface area (Å²) >= 11 is 0. The number of imidazole rings is 1. The topological polar surface area (TPSA) is 93.5 Å². The van der Waals surface area contributed by atoms with Crippen molar-refractivity contribution >= 4 is 21.6 Å². The smallest absolute Gasteiger partial charge is 0.255 e. The molecule has 0 unspecified atom stereocenters. The van der Waals surface area contributed by atoms with Crippen LogP contribution in [0.25, 0.3) is 0 Å². The molecule has 1 atom stereocenters. The summed E-state index contributed by atoms with van der Waals surface area (Å²) in [5, 5.41) is 2.91. The number of nitrogens with one attached hydrogen (secondary N) is 1. The maximum Gasteiger partial charge on any atom is 0.255 e. The van der Waals surface area contributed by atoms with Gasteiger partial charge in [-0.2, -0.15) is 0 Å². The van der Waals surface area contributed by atoms with Crippen LogP contribution in [-0.2, 0) is 31.7 Å². The number of ether oxygens (including phenoxy) is 1. The molecule has 0 radical (unpaired) electrons. The van der Waals surface area contributed by atoms with Gasteiger partial charge in [0.2, 0.25) is 10.0 Å². The van der Waals surface area contributed by atoms with Crippen molar-refractivity contribution in [1.29, 1.82) is 0 Å². The van der Waals surface area contributed by atoms with Crippen LogP contribution < -0.4 is 5.32 Å². The van der Waals surface area contributed by atoms with Gasteiger partial charge in [-0.3, -0.25) is 4.79 Å². The predicted octanol–water partition coefficient (Wildman–Crippen LogP) is 2.34. The number of fused-ring (bicyclic) bond motifs is 2. The zero-order valence-corrected chi connectivity index (χ0v) is 18.0. The minimum absolute atomic E-state index is 0.175. The Morgan fingerprint density at radius 2 is 2.00 bits per heavy atom. The summed E-state index contributed by atoms with van der Waals surface area (Å²) in [4.78, 5) is 17.4. The van der Waals surface area contributed by atoms with E-state index in [2.05, 4.69) is 10.3 Å². The molecule has 2 aliphatic rings. The van der Waals surface area contributed by atoms with Crippen molar-refractivity contribution < 1.29 is 17.9 Å². The summed E-state index contributed by atoms with van der Waals surface area (Å²) in [6.07, 6.45) is 5.35. The summed E-state index contributed by atoms with van der Waals surface area (Å²) < 4.78 is 35.0. The highest BCUT2D eigenvalue weighted by molar-refractivity contribution is 7.89. The molecule has 162 valence electrons. The van der Waals surface area contributed by atoms with Gasteiger partial charge in [-0.05, 0) is 31.4 Å². The lowest BCUT2D eigenvalue weighted by atomic mass is 9.89. The maximum atomic E-state index is 12.9. The average molecular weight is 433 g/mol. The van der Waals surface area contributed by atoms with Gasteiger partial charge in [0.15, 0.2) is 6.10 Å². The van der Waals surface area contributed by atoms with Crippen molar-refractivity contribution in [2.45, 2.75) is 50.9 Å². The fraction of sp³-hybridized carbons (Fsp3) is 0.524. The van der Waals surface area contributed by atoms with E-state index >= 15 is 0 Å². The third-order valence-corrected chi connectivity index (χ3v) is 7.82. The molecule has 3 heterocycles. The van der Waals surface area contributed by atoms with Gasteiger partial charge in [0.05, 0.1) is 12.3 Å². The van der Waals surface area contributed by atoms with Crippen LogP contribution in [-0.4, -0.2) is 53.1 Å². The van der Waals surface area contributed by atoms with E-state index < -0.39 is 21.7 Å². The lowest BCUT2D eigenvalue weighted by Gasteiger charge is -2.45. The Morgan fingerprint density at radius 3 is 2.70 bits per heavy atom. The molecule has 9 heteroatoms. The molecule has 0 saturated carbocycles.